The highest BCUT2D eigenvalue weighted by Crippen LogP contribution is 2.26. The lowest BCUT2D eigenvalue weighted by Crippen LogP contribution is -2.19. The Morgan fingerprint density at radius 3 is 3.00 bits per heavy atom. The summed E-state index contributed by atoms with van der Waals surface area (Å²) in [5, 5.41) is 4.33. The van der Waals surface area contributed by atoms with Gasteiger partial charge in [0.05, 0.1) is 6.20 Å². The molecule has 0 aliphatic carbocycles. The number of nitrogens with zero attached hydrogens (tertiary/aromatic N) is 4. The molecule has 5 nitrogen and oxygen atoms in total. The van der Waals surface area contributed by atoms with Crippen LogP contribution in [0.1, 0.15) is 36.3 Å². The largest absolute Gasteiger partial charge is 0.346 e. The number of hydrogen-bond donors (Lipinski definition) is 1. The van der Waals surface area contributed by atoms with Gasteiger partial charge in [-0.25, -0.2) is 4.98 Å². The van der Waals surface area contributed by atoms with Crippen molar-refractivity contribution in [3.8, 4) is 0 Å². The highest BCUT2D eigenvalue weighted by Gasteiger charge is 2.25. The first-order valence-corrected chi connectivity index (χ1v) is 6.99. The molecule has 1 aliphatic heterocycles. The van der Waals surface area contributed by atoms with Gasteiger partial charge in [0.15, 0.2) is 0 Å². The van der Waals surface area contributed by atoms with Crippen molar-refractivity contribution in [1.29, 1.82) is 0 Å². The van der Waals surface area contributed by atoms with Gasteiger partial charge in [0.25, 0.3) is 0 Å². The number of rotatable bonds is 4. The zero-order valence-electron chi connectivity index (χ0n) is 11.6. The molecule has 1 fully saturated rings. The van der Waals surface area contributed by atoms with Gasteiger partial charge in [0, 0.05) is 49.2 Å². The van der Waals surface area contributed by atoms with Gasteiger partial charge in [-0.3, -0.25) is 9.58 Å². The van der Waals surface area contributed by atoms with E-state index < -0.39 is 0 Å². The average Bonchev–Trinajstić information content (AvgIpc) is 3.10. The molecule has 3 rings (SSSR count). The summed E-state index contributed by atoms with van der Waals surface area (Å²) in [7, 11) is 0. The first-order chi connectivity index (χ1) is 9.24. The minimum absolute atomic E-state index is 0.551. The molecule has 0 radical (unpaired) electrons. The van der Waals surface area contributed by atoms with E-state index in [1.165, 1.54) is 12.0 Å². The summed E-state index contributed by atoms with van der Waals surface area (Å²) in [6, 6.07) is 0. The Morgan fingerprint density at radius 2 is 2.32 bits per heavy atom. The number of hydrogen-bond acceptors (Lipinski definition) is 3. The summed E-state index contributed by atoms with van der Waals surface area (Å²) in [5.41, 5.74) is 2.45. The Hall–Kier alpha value is -1.62. The maximum Gasteiger partial charge on any atom is 0.110 e. The van der Waals surface area contributed by atoms with Crippen molar-refractivity contribution in [1.82, 2.24) is 24.6 Å². The molecule has 1 aliphatic rings. The molecule has 0 bridgehead atoms. The lowest BCUT2D eigenvalue weighted by molar-refractivity contribution is 0.325. The van der Waals surface area contributed by atoms with Crippen LogP contribution >= 0.6 is 0 Å². The average molecular weight is 259 g/mol. The van der Waals surface area contributed by atoms with E-state index in [-0.39, 0.29) is 0 Å². The lowest BCUT2D eigenvalue weighted by Gasteiger charge is -2.14. The quantitative estimate of drug-likeness (QED) is 0.912. The Labute approximate surface area is 113 Å². The zero-order valence-corrected chi connectivity index (χ0v) is 11.6. The summed E-state index contributed by atoms with van der Waals surface area (Å²) in [4.78, 5) is 10.3. The SMILES string of the molecule is CCn1cc(CN2CCC(c3ncc(C)[nH]3)C2)cn1. The van der Waals surface area contributed by atoms with Crippen molar-refractivity contribution in [2.24, 2.45) is 0 Å². The smallest absolute Gasteiger partial charge is 0.110 e. The van der Waals surface area contributed by atoms with E-state index in [1.807, 2.05) is 17.1 Å². The van der Waals surface area contributed by atoms with Crippen LogP contribution in [0.25, 0.3) is 0 Å². The minimum Gasteiger partial charge on any atom is -0.346 e. The maximum atomic E-state index is 4.46. The van der Waals surface area contributed by atoms with Gasteiger partial charge in [0.2, 0.25) is 0 Å². The molecule has 1 saturated heterocycles. The van der Waals surface area contributed by atoms with Gasteiger partial charge in [-0.2, -0.15) is 5.10 Å². The fourth-order valence-electron chi connectivity index (χ4n) is 2.76. The number of aryl methyl sites for hydroxylation is 2. The number of likely N-dealkylation sites (tertiary alicyclic amines) is 1. The molecule has 2 aromatic heterocycles. The monoisotopic (exact) mass is 259 g/mol. The van der Waals surface area contributed by atoms with Crippen molar-refractivity contribution in [2.75, 3.05) is 13.1 Å². The summed E-state index contributed by atoms with van der Waals surface area (Å²) in [6.45, 7) is 8.33. The van der Waals surface area contributed by atoms with Crippen LogP contribution in [-0.4, -0.2) is 37.7 Å². The highest BCUT2D eigenvalue weighted by atomic mass is 15.3. The third-order valence-electron chi connectivity index (χ3n) is 3.80. The predicted octanol–water partition coefficient (Wildman–Crippen LogP) is 1.92. The molecule has 3 heterocycles. The first-order valence-electron chi connectivity index (χ1n) is 6.99. The van der Waals surface area contributed by atoms with Crippen LogP contribution in [0.2, 0.25) is 0 Å². The van der Waals surface area contributed by atoms with Crippen molar-refractivity contribution in [3.05, 3.63) is 35.7 Å². The van der Waals surface area contributed by atoms with E-state index in [1.54, 1.807) is 0 Å². The van der Waals surface area contributed by atoms with Gasteiger partial charge in [-0.1, -0.05) is 0 Å². The molecule has 2 aromatic rings. The standard InChI is InChI=1S/C14H21N5/c1-3-19-9-12(7-16-19)8-18-5-4-13(10-18)14-15-6-11(2)17-14/h6-7,9,13H,3-5,8,10H2,1-2H3,(H,15,17). The molecule has 1 unspecified atom stereocenters. The molecule has 19 heavy (non-hydrogen) atoms. The van der Waals surface area contributed by atoms with Gasteiger partial charge in [-0.15, -0.1) is 0 Å². The second-order valence-electron chi connectivity index (χ2n) is 5.38. The molecule has 0 aromatic carbocycles. The Kier molecular flexibility index (Phi) is 3.38. The van der Waals surface area contributed by atoms with E-state index in [4.69, 9.17) is 0 Å². The van der Waals surface area contributed by atoms with E-state index in [0.29, 0.717) is 5.92 Å². The fourth-order valence-corrected chi connectivity index (χ4v) is 2.76. The zero-order chi connectivity index (χ0) is 13.2. The van der Waals surface area contributed by atoms with Gasteiger partial charge in [0.1, 0.15) is 5.82 Å². The van der Waals surface area contributed by atoms with Crippen LogP contribution in [0.5, 0.6) is 0 Å². The van der Waals surface area contributed by atoms with E-state index in [0.717, 1.165) is 37.7 Å². The van der Waals surface area contributed by atoms with Crippen molar-refractivity contribution < 1.29 is 0 Å². The second kappa shape index (κ2) is 5.17. The van der Waals surface area contributed by atoms with Crippen LogP contribution in [0.15, 0.2) is 18.6 Å². The van der Waals surface area contributed by atoms with Crippen LogP contribution in [0.3, 0.4) is 0 Å². The third kappa shape index (κ3) is 2.71. The lowest BCUT2D eigenvalue weighted by atomic mass is 10.1. The number of imidazole rings is 1. The Balaban J connectivity index is 1.59. The highest BCUT2D eigenvalue weighted by molar-refractivity contribution is 5.09. The first kappa shape index (κ1) is 12.4. The van der Waals surface area contributed by atoms with Crippen molar-refractivity contribution in [3.63, 3.8) is 0 Å². The normalized spacial score (nSPS) is 20.2. The number of aromatic nitrogens is 4. The minimum atomic E-state index is 0.551. The molecular formula is C14H21N5. The van der Waals surface area contributed by atoms with Crippen LogP contribution in [0, 0.1) is 6.92 Å². The maximum absolute atomic E-state index is 4.46. The van der Waals surface area contributed by atoms with Crippen molar-refractivity contribution >= 4 is 0 Å². The van der Waals surface area contributed by atoms with E-state index in [9.17, 15) is 0 Å². The molecular weight excluding hydrogens is 238 g/mol. The summed E-state index contributed by atoms with van der Waals surface area (Å²) in [5.74, 6) is 1.69. The van der Waals surface area contributed by atoms with Gasteiger partial charge >= 0.3 is 0 Å². The van der Waals surface area contributed by atoms with Crippen LogP contribution in [-0.2, 0) is 13.1 Å². The number of aromatic amines is 1. The van der Waals surface area contributed by atoms with E-state index in [2.05, 4.69) is 40.0 Å². The molecule has 102 valence electrons. The predicted molar refractivity (Wildman–Crippen MR) is 73.9 cm³/mol. The topological polar surface area (TPSA) is 49.7 Å². The molecule has 0 spiro atoms. The summed E-state index contributed by atoms with van der Waals surface area (Å²) in [6.07, 6.45) is 7.23. The van der Waals surface area contributed by atoms with Crippen LogP contribution < -0.4 is 0 Å². The third-order valence-corrected chi connectivity index (χ3v) is 3.80. The van der Waals surface area contributed by atoms with Gasteiger partial charge in [-0.05, 0) is 26.8 Å². The number of H-pyrrole nitrogens is 1. The Bertz CT molecular complexity index is 542. The molecule has 5 heteroatoms. The molecule has 1 atom stereocenters. The number of nitrogens with one attached hydrogen (secondary N) is 1. The Morgan fingerprint density at radius 1 is 1.42 bits per heavy atom. The molecule has 0 amide bonds. The molecule has 1 N–H and O–H groups in total. The summed E-state index contributed by atoms with van der Waals surface area (Å²) < 4.78 is 1.98. The summed E-state index contributed by atoms with van der Waals surface area (Å²) >= 11 is 0. The second-order valence-corrected chi connectivity index (χ2v) is 5.38. The van der Waals surface area contributed by atoms with Crippen LogP contribution in [0.4, 0.5) is 0 Å². The fraction of sp³-hybridized carbons (Fsp3) is 0.571. The van der Waals surface area contributed by atoms with Crippen molar-refractivity contribution in [2.45, 2.75) is 39.3 Å². The van der Waals surface area contributed by atoms with Gasteiger partial charge < -0.3 is 4.98 Å². The van der Waals surface area contributed by atoms with E-state index >= 15 is 0 Å². The molecule has 0 saturated carbocycles.